The molecule has 156 valence electrons. The zero-order chi connectivity index (χ0) is 19.8. The highest BCUT2D eigenvalue weighted by Gasteiger charge is 2.51. The fourth-order valence-corrected chi connectivity index (χ4v) is 7.70. The Balaban J connectivity index is 1.63. The summed E-state index contributed by atoms with van der Waals surface area (Å²) >= 11 is 0. The van der Waals surface area contributed by atoms with E-state index in [0.717, 1.165) is 47.8 Å². The lowest BCUT2D eigenvalue weighted by Crippen LogP contribution is -2.47. The maximum Gasteiger partial charge on any atom is 0.305 e. The fourth-order valence-electron chi connectivity index (χ4n) is 7.70. The zero-order valence-corrected chi connectivity index (χ0v) is 18.8. The van der Waals surface area contributed by atoms with Gasteiger partial charge in [0.15, 0.2) is 0 Å². The van der Waals surface area contributed by atoms with E-state index in [2.05, 4.69) is 34.6 Å². The van der Waals surface area contributed by atoms with E-state index in [-0.39, 0.29) is 5.97 Å². The number of carbonyl (C=O) groups is 1. The summed E-state index contributed by atoms with van der Waals surface area (Å²) in [6.07, 6.45) is 11.7. The van der Waals surface area contributed by atoms with Crippen molar-refractivity contribution in [3.63, 3.8) is 0 Å². The molecule has 0 aromatic heterocycles. The van der Waals surface area contributed by atoms with E-state index in [4.69, 9.17) is 4.74 Å². The second-order valence-corrected chi connectivity index (χ2v) is 11.0. The first kappa shape index (κ1) is 21.2. The van der Waals surface area contributed by atoms with Crippen molar-refractivity contribution < 1.29 is 9.53 Å². The zero-order valence-electron chi connectivity index (χ0n) is 18.8. The van der Waals surface area contributed by atoms with Crippen LogP contribution in [0.3, 0.4) is 0 Å². The minimum Gasteiger partial charge on any atom is -0.469 e. The Labute approximate surface area is 168 Å². The molecule has 0 radical (unpaired) electrons. The predicted octanol–water partition coefficient (Wildman–Crippen LogP) is 6.73. The highest BCUT2D eigenvalue weighted by molar-refractivity contribution is 5.69. The Morgan fingerprint density at radius 2 is 1.78 bits per heavy atom. The van der Waals surface area contributed by atoms with E-state index >= 15 is 0 Å². The van der Waals surface area contributed by atoms with Crippen LogP contribution < -0.4 is 0 Å². The highest BCUT2D eigenvalue weighted by Crippen LogP contribution is 2.60. The molecule has 0 bridgehead atoms. The molecule has 0 saturated heterocycles. The van der Waals surface area contributed by atoms with Gasteiger partial charge in [0.2, 0.25) is 0 Å². The quantitative estimate of drug-likeness (QED) is 0.497. The number of fused-ring (bicyclic) bond motifs is 1. The molecule has 3 saturated carbocycles. The van der Waals surface area contributed by atoms with Crippen LogP contribution in [0.15, 0.2) is 0 Å². The number of methoxy groups -OCH3 is 1. The fraction of sp³-hybridized carbons (Fsp3) is 0.960. The van der Waals surface area contributed by atoms with Crippen molar-refractivity contribution in [1.29, 1.82) is 0 Å². The number of hydrogen-bond donors (Lipinski definition) is 0. The number of rotatable bonds is 5. The summed E-state index contributed by atoms with van der Waals surface area (Å²) in [5, 5.41) is 0. The third kappa shape index (κ3) is 4.10. The van der Waals surface area contributed by atoms with Gasteiger partial charge in [-0.05, 0) is 97.7 Å². The van der Waals surface area contributed by atoms with Gasteiger partial charge in [0.1, 0.15) is 0 Å². The molecule has 2 heteroatoms. The van der Waals surface area contributed by atoms with E-state index in [0.29, 0.717) is 17.8 Å². The van der Waals surface area contributed by atoms with Gasteiger partial charge in [-0.3, -0.25) is 4.79 Å². The first-order chi connectivity index (χ1) is 12.8. The van der Waals surface area contributed by atoms with E-state index in [1.807, 2.05) is 0 Å². The Morgan fingerprint density at radius 1 is 1.07 bits per heavy atom. The summed E-state index contributed by atoms with van der Waals surface area (Å²) in [6.45, 7) is 12.6. The van der Waals surface area contributed by atoms with Crippen molar-refractivity contribution in [2.45, 2.75) is 92.4 Å². The van der Waals surface area contributed by atoms with Crippen molar-refractivity contribution in [2.75, 3.05) is 7.11 Å². The maximum atomic E-state index is 11.5. The van der Waals surface area contributed by atoms with Gasteiger partial charge in [0, 0.05) is 6.42 Å². The van der Waals surface area contributed by atoms with Crippen molar-refractivity contribution in [3.05, 3.63) is 0 Å². The summed E-state index contributed by atoms with van der Waals surface area (Å²) in [5.74, 6) is 6.82. The van der Waals surface area contributed by atoms with Gasteiger partial charge < -0.3 is 4.74 Å². The number of hydrogen-bond acceptors (Lipinski definition) is 2. The minimum atomic E-state index is -0.0459. The van der Waals surface area contributed by atoms with Crippen LogP contribution in [-0.4, -0.2) is 13.1 Å². The smallest absolute Gasteiger partial charge is 0.305 e. The summed E-state index contributed by atoms with van der Waals surface area (Å²) in [6, 6.07) is 0. The Morgan fingerprint density at radius 3 is 2.48 bits per heavy atom. The lowest BCUT2D eigenvalue weighted by Gasteiger charge is -2.55. The lowest BCUT2D eigenvalue weighted by molar-refractivity contribution is -0.141. The molecule has 0 aromatic rings. The average molecular weight is 377 g/mol. The largest absolute Gasteiger partial charge is 0.469 e. The van der Waals surface area contributed by atoms with E-state index in [1.54, 1.807) is 0 Å². The molecule has 3 fully saturated rings. The molecule has 0 heterocycles. The van der Waals surface area contributed by atoms with Crippen molar-refractivity contribution in [3.8, 4) is 0 Å². The lowest BCUT2D eigenvalue weighted by atomic mass is 9.50. The van der Waals surface area contributed by atoms with Crippen LogP contribution in [-0.2, 0) is 9.53 Å². The molecular weight excluding hydrogens is 332 g/mol. The van der Waals surface area contributed by atoms with Crippen LogP contribution in [0, 0.1) is 52.8 Å². The summed E-state index contributed by atoms with van der Waals surface area (Å²) in [5.41, 5.74) is 0.587. The molecule has 3 aliphatic rings. The summed E-state index contributed by atoms with van der Waals surface area (Å²) in [4.78, 5) is 11.5. The topological polar surface area (TPSA) is 26.3 Å². The molecule has 0 spiro atoms. The van der Waals surface area contributed by atoms with Gasteiger partial charge in [-0.25, -0.2) is 0 Å². The normalized spacial score (nSPS) is 45.9. The second kappa shape index (κ2) is 8.46. The SMILES string of the molecule is COC(=O)CC[C@@H](C)[C@H]1CC[C@@H]([C@@H]2CC[C@@H]3C[C@H](C)CC[C@]3(C)C2C)C1C. The molecular formula is C25H44O2. The van der Waals surface area contributed by atoms with Gasteiger partial charge in [-0.15, -0.1) is 0 Å². The predicted molar refractivity (Wildman–Crippen MR) is 112 cm³/mol. The van der Waals surface area contributed by atoms with E-state index in [1.165, 1.54) is 52.1 Å². The third-order valence-electron chi connectivity index (χ3n) is 9.82. The van der Waals surface area contributed by atoms with Gasteiger partial charge in [-0.1, -0.05) is 41.0 Å². The van der Waals surface area contributed by atoms with Crippen LogP contribution in [0.25, 0.3) is 0 Å². The summed E-state index contributed by atoms with van der Waals surface area (Å²) in [7, 11) is 1.51. The molecule has 27 heavy (non-hydrogen) atoms. The van der Waals surface area contributed by atoms with Crippen LogP contribution >= 0.6 is 0 Å². The van der Waals surface area contributed by atoms with Crippen LogP contribution in [0.2, 0.25) is 0 Å². The molecule has 2 nitrogen and oxygen atoms in total. The molecule has 0 aromatic carbocycles. The Kier molecular flexibility index (Phi) is 6.63. The van der Waals surface area contributed by atoms with Gasteiger partial charge in [0.05, 0.1) is 7.11 Å². The first-order valence-corrected chi connectivity index (χ1v) is 11.8. The molecule has 3 rings (SSSR count). The standard InChI is InChI=1S/C25H44O2/c1-16-13-14-25(5)19(4)23(9-8-20(25)15-16)22-11-10-21(18(22)3)17(2)7-12-24(26)27-6/h16-23H,7-15H2,1-6H3/t16-,17-,18?,19?,20-,21-,22-,23-,25-/m1/s1. The molecule has 0 amide bonds. The first-order valence-electron chi connectivity index (χ1n) is 11.8. The third-order valence-corrected chi connectivity index (χ3v) is 9.82. The van der Waals surface area contributed by atoms with Crippen molar-refractivity contribution in [1.82, 2.24) is 0 Å². The number of ether oxygens (including phenoxy) is 1. The highest BCUT2D eigenvalue weighted by atomic mass is 16.5. The number of carbonyl (C=O) groups excluding carboxylic acids is 1. The van der Waals surface area contributed by atoms with Crippen molar-refractivity contribution in [2.24, 2.45) is 52.8 Å². The Hall–Kier alpha value is -0.530. The van der Waals surface area contributed by atoms with Gasteiger partial charge >= 0.3 is 5.97 Å². The van der Waals surface area contributed by atoms with Gasteiger partial charge in [-0.2, -0.15) is 0 Å². The second-order valence-electron chi connectivity index (χ2n) is 11.0. The van der Waals surface area contributed by atoms with Crippen LogP contribution in [0.1, 0.15) is 92.4 Å². The van der Waals surface area contributed by atoms with Gasteiger partial charge in [0.25, 0.3) is 0 Å². The van der Waals surface area contributed by atoms with E-state index < -0.39 is 0 Å². The molecule has 3 aliphatic carbocycles. The molecule has 0 aliphatic heterocycles. The number of esters is 1. The minimum absolute atomic E-state index is 0.0459. The van der Waals surface area contributed by atoms with E-state index in [9.17, 15) is 4.79 Å². The average Bonchev–Trinajstić information content (AvgIpc) is 3.03. The van der Waals surface area contributed by atoms with Crippen molar-refractivity contribution >= 4 is 5.97 Å². The summed E-state index contributed by atoms with van der Waals surface area (Å²) < 4.78 is 4.85. The molecule has 2 unspecified atom stereocenters. The molecule has 0 N–H and O–H groups in total. The Bertz CT molecular complexity index is 514. The van der Waals surface area contributed by atoms with Crippen LogP contribution in [0.5, 0.6) is 0 Å². The van der Waals surface area contributed by atoms with Crippen LogP contribution in [0.4, 0.5) is 0 Å². The molecule has 9 atom stereocenters. The monoisotopic (exact) mass is 376 g/mol. The maximum absolute atomic E-state index is 11.5.